The van der Waals surface area contributed by atoms with E-state index in [-0.39, 0.29) is 11.9 Å². The summed E-state index contributed by atoms with van der Waals surface area (Å²) in [7, 11) is 0. The van der Waals surface area contributed by atoms with E-state index in [2.05, 4.69) is 5.32 Å². The van der Waals surface area contributed by atoms with Crippen LogP contribution in [0.5, 0.6) is 0 Å². The molecule has 0 radical (unpaired) electrons. The number of aliphatic carboxylic acids is 1. The Morgan fingerprint density at radius 3 is 2.32 bits per heavy atom. The van der Waals surface area contributed by atoms with Crippen molar-refractivity contribution in [3.8, 4) is 0 Å². The molecule has 0 atom stereocenters. The number of hydrogen-bond donors (Lipinski definition) is 2. The van der Waals surface area contributed by atoms with Crippen LogP contribution >= 0.6 is 0 Å². The molecule has 1 amide bonds. The Balaban J connectivity index is 2.51. The third-order valence-electron chi connectivity index (χ3n) is 3.92. The zero-order chi connectivity index (χ0) is 14.5. The van der Waals surface area contributed by atoms with Crippen molar-refractivity contribution in [1.82, 2.24) is 10.2 Å². The topological polar surface area (TPSA) is 69.6 Å². The van der Waals surface area contributed by atoms with Crippen LogP contribution in [0, 0.1) is 5.41 Å². The first-order chi connectivity index (χ1) is 8.91. The molecule has 1 fully saturated rings. The molecule has 5 nitrogen and oxygen atoms in total. The smallest absolute Gasteiger partial charge is 0.309 e. The minimum absolute atomic E-state index is 0.0733. The van der Waals surface area contributed by atoms with Crippen LogP contribution in [0.4, 0.5) is 0 Å². The Morgan fingerprint density at radius 1 is 1.32 bits per heavy atom. The Labute approximate surface area is 115 Å². The molecule has 0 aromatic heterocycles. The highest BCUT2D eigenvalue weighted by Gasteiger charge is 2.41. The molecule has 0 aromatic carbocycles. The second-order valence-corrected chi connectivity index (χ2v) is 5.75. The number of rotatable bonds is 6. The lowest BCUT2D eigenvalue weighted by molar-refractivity contribution is -0.154. The highest BCUT2D eigenvalue weighted by molar-refractivity contribution is 5.79. The van der Waals surface area contributed by atoms with Crippen molar-refractivity contribution in [2.24, 2.45) is 5.41 Å². The number of carboxylic acid groups (broad SMARTS) is 1. The van der Waals surface area contributed by atoms with Crippen molar-refractivity contribution in [2.75, 3.05) is 19.6 Å². The molecule has 0 spiro atoms. The van der Waals surface area contributed by atoms with E-state index in [0.29, 0.717) is 38.9 Å². The largest absolute Gasteiger partial charge is 0.481 e. The third-order valence-corrected chi connectivity index (χ3v) is 3.92. The van der Waals surface area contributed by atoms with Gasteiger partial charge in [0.05, 0.1) is 12.0 Å². The van der Waals surface area contributed by atoms with E-state index in [9.17, 15) is 14.7 Å². The van der Waals surface area contributed by atoms with E-state index in [1.165, 1.54) is 0 Å². The molecule has 1 rings (SSSR count). The molecule has 110 valence electrons. The number of piperidine rings is 1. The molecule has 0 aromatic rings. The molecular formula is C14H26N2O3. The average Bonchev–Trinajstić information content (AvgIpc) is 2.37. The van der Waals surface area contributed by atoms with Gasteiger partial charge in [-0.25, -0.2) is 0 Å². The molecule has 1 aliphatic rings. The number of nitrogens with zero attached hydrogens (tertiary/aromatic N) is 1. The summed E-state index contributed by atoms with van der Waals surface area (Å²) in [6.07, 6.45) is 2.72. The lowest BCUT2D eigenvalue weighted by atomic mass is 9.75. The Morgan fingerprint density at radius 2 is 1.89 bits per heavy atom. The Bertz CT molecular complexity index is 321. The first-order valence-electron chi connectivity index (χ1n) is 7.16. The fraction of sp³-hybridized carbons (Fsp3) is 0.857. The fourth-order valence-electron chi connectivity index (χ4n) is 2.64. The summed E-state index contributed by atoms with van der Waals surface area (Å²) < 4.78 is 0. The number of carbonyl (C=O) groups excluding carboxylic acids is 1. The van der Waals surface area contributed by atoms with Crippen molar-refractivity contribution in [3.05, 3.63) is 0 Å². The van der Waals surface area contributed by atoms with Gasteiger partial charge in [0.15, 0.2) is 0 Å². The van der Waals surface area contributed by atoms with E-state index in [1.54, 1.807) is 4.90 Å². The van der Waals surface area contributed by atoms with Gasteiger partial charge in [0.1, 0.15) is 0 Å². The van der Waals surface area contributed by atoms with Crippen molar-refractivity contribution >= 4 is 11.9 Å². The van der Waals surface area contributed by atoms with Gasteiger partial charge in [0.2, 0.25) is 5.91 Å². The van der Waals surface area contributed by atoms with Crippen LogP contribution in [-0.4, -0.2) is 47.6 Å². The minimum Gasteiger partial charge on any atom is -0.481 e. The van der Waals surface area contributed by atoms with Crippen molar-refractivity contribution in [3.63, 3.8) is 0 Å². The molecular weight excluding hydrogens is 244 g/mol. The van der Waals surface area contributed by atoms with Crippen LogP contribution in [0.3, 0.4) is 0 Å². The van der Waals surface area contributed by atoms with Crippen molar-refractivity contribution < 1.29 is 14.7 Å². The summed E-state index contributed by atoms with van der Waals surface area (Å²) in [5.74, 6) is -0.633. The molecule has 1 heterocycles. The average molecular weight is 270 g/mol. The van der Waals surface area contributed by atoms with Crippen LogP contribution in [0.25, 0.3) is 0 Å². The van der Waals surface area contributed by atoms with Crippen LogP contribution in [0.2, 0.25) is 0 Å². The molecule has 0 saturated carbocycles. The van der Waals surface area contributed by atoms with Gasteiger partial charge in [-0.1, -0.05) is 27.2 Å². The fourth-order valence-corrected chi connectivity index (χ4v) is 2.64. The summed E-state index contributed by atoms with van der Waals surface area (Å²) in [5, 5.41) is 12.5. The van der Waals surface area contributed by atoms with E-state index >= 15 is 0 Å². The monoisotopic (exact) mass is 270 g/mol. The van der Waals surface area contributed by atoms with Gasteiger partial charge in [-0.15, -0.1) is 0 Å². The van der Waals surface area contributed by atoms with E-state index in [0.717, 1.165) is 6.42 Å². The number of likely N-dealkylation sites (tertiary alicyclic amines) is 1. The minimum atomic E-state index is -0.707. The van der Waals surface area contributed by atoms with Crippen LogP contribution in [0.15, 0.2) is 0 Å². The molecule has 19 heavy (non-hydrogen) atoms. The van der Waals surface area contributed by atoms with E-state index < -0.39 is 11.4 Å². The predicted octanol–water partition coefficient (Wildman–Crippen LogP) is 1.48. The molecule has 0 aliphatic carbocycles. The van der Waals surface area contributed by atoms with Crippen LogP contribution in [-0.2, 0) is 9.59 Å². The number of hydrogen-bond acceptors (Lipinski definition) is 3. The SMILES string of the molecule is CCCC1(C(=O)O)CCN(C(=O)CNC(C)C)CC1. The molecule has 1 saturated heterocycles. The zero-order valence-electron chi connectivity index (χ0n) is 12.2. The highest BCUT2D eigenvalue weighted by Crippen LogP contribution is 2.36. The van der Waals surface area contributed by atoms with Crippen molar-refractivity contribution in [1.29, 1.82) is 0 Å². The maximum Gasteiger partial charge on any atom is 0.309 e. The Hall–Kier alpha value is -1.10. The van der Waals surface area contributed by atoms with Crippen molar-refractivity contribution in [2.45, 2.75) is 52.5 Å². The first-order valence-corrected chi connectivity index (χ1v) is 7.16. The normalized spacial score (nSPS) is 18.6. The van der Waals surface area contributed by atoms with Gasteiger partial charge in [0.25, 0.3) is 0 Å². The summed E-state index contributed by atoms with van der Waals surface area (Å²) >= 11 is 0. The molecule has 5 heteroatoms. The lowest BCUT2D eigenvalue weighted by Crippen LogP contribution is -2.49. The van der Waals surface area contributed by atoms with E-state index in [1.807, 2.05) is 20.8 Å². The summed E-state index contributed by atoms with van der Waals surface area (Å²) in [6.45, 7) is 7.47. The van der Waals surface area contributed by atoms with Gasteiger partial charge in [-0.2, -0.15) is 0 Å². The zero-order valence-corrected chi connectivity index (χ0v) is 12.2. The summed E-state index contributed by atoms with van der Waals surface area (Å²) in [6, 6.07) is 0.284. The highest BCUT2D eigenvalue weighted by atomic mass is 16.4. The standard InChI is InChI=1S/C14H26N2O3/c1-4-5-14(13(18)19)6-8-16(9-7-14)12(17)10-15-11(2)3/h11,15H,4-10H2,1-3H3,(H,18,19). The first kappa shape index (κ1) is 16.0. The number of carbonyl (C=O) groups is 2. The maximum absolute atomic E-state index is 12.0. The van der Waals surface area contributed by atoms with Gasteiger partial charge >= 0.3 is 5.97 Å². The number of amides is 1. The summed E-state index contributed by atoms with van der Waals surface area (Å²) in [5.41, 5.74) is -0.614. The third kappa shape index (κ3) is 4.20. The van der Waals surface area contributed by atoms with Gasteiger partial charge < -0.3 is 15.3 Å². The lowest BCUT2D eigenvalue weighted by Gasteiger charge is -2.39. The summed E-state index contributed by atoms with van der Waals surface area (Å²) in [4.78, 5) is 25.2. The van der Waals surface area contributed by atoms with Gasteiger partial charge in [0, 0.05) is 19.1 Å². The predicted molar refractivity (Wildman–Crippen MR) is 73.9 cm³/mol. The molecule has 2 N–H and O–H groups in total. The quantitative estimate of drug-likeness (QED) is 0.767. The Kier molecular flexibility index (Phi) is 5.79. The second-order valence-electron chi connectivity index (χ2n) is 5.75. The van der Waals surface area contributed by atoms with Crippen LogP contribution < -0.4 is 5.32 Å². The molecule has 0 unspecified atom stereocenters. The molecule has 1 aliphatic heterocycles. The van der Waals surface area contributed by atoms with Gasteiger partial charge in [-0.3, -0.25) is 9.59 Å². The maximum atomic E-state index is 12.0. The van der Waals surface area contributed by atoms with Crippen LogP contribution in [0.1, 0.15) is 46.5 Å². The molecule has 0 bridgehead atoms. The number of nitrogens with one attached hydrogen (secondary N) is 1. The van der Waals surface area contributed by atoms with E-state index in [4.69, 9.17) is 0 Å². The van der Waals surface area contributed by atoms with Gasteiger partial charge in [-0.05, 0) is 19.3 Å². The second kappa shape index (κ2) is 6.89. The number of carboxylic acids is 1.